The second-order valence-corrected chi connectivity index (χ2v) is 7.47. The normalized spacial score (nSPS) is 12.0. The average molecular weight is 371 g/mol. The maximum atomic E-state index is 12.5. The van der Waals surface area contributed by atoms with Gasteiger partial charge in [-0.1, -0.05) is 55.2 Å². The standard InChI is InChI=1S/C16H23BrN2OS/c1-5-18(6-2)7-8-19-16(20)13-9-14(17)12(11(3)4)10-15(13)21-19/h9-11H,5-8H2,1-4H3. The van der Waals surface area contributed by atoms with Gasteiger partial charge in [-0.15, -0.1) is 0 Å². The fourth-order valence-electron chi connectivity index (χ4n) is 2.47. The SMILES string of the molecule is CCN(CC)CCn1sc2cc(C(C)C)c(Br)cc2c1=O. The molecule has 0 bridgehead atoms. The molecule has 2 aromatic rings. The van der Waals surface area contributed by atoms with Crippen molar-refractivity contribution in [3.05, 3.63) is 32.5 Å². The summed E-state index contributed by atoms with van der Waals surface area (Å²) in [6, 6.07) is 4.14. The molecule has 0 N–H and O–H groups in total. The fraction of sp³-hybridized carbons (Fsp3) is 0.562. The Morgan fingerprint density at radius 1 is 1.29 bits per heavy atom. The molecule has 116 valence electrons. The molecule has 3 nitrogen and oxygen atoms in total. The first-order chi connectivity index (χ1) is 9.97. The number of halogens is 1. The molecule has 0 unspecified atom stereocenters. The molecular weight excluding hydrogens is 348 g/mol. The lowest BCUT2D eigenvalue weighted by atomic mass is 10.0. The third-order valence-corrected chi connectivity index (χ3v) is 5.69. The lowest BCUT2D eigenvalue weighted by Crippen LogP contribution is -2.28. The predicted molar refractivity (Wildman–Crippen MR) is 95.7 cm³/mol. The Hall–Kier alpha value is -0.650. The summed E-state index contributed by atoms with van der Waals surface area (Å²) in [7, 11) is 0. The summed E-state index contributed by atoms with van der Waals surface area (Å²) in [6.07, 6.45) is 0. The van der Waals surface area contributed by atoms with Gasteiger partial charge in [0.15, 0.2) is 0 Å². The number of fused-ring (bicyclic) bond motifs is 1. The molecule has 0 aliphatic carbocycles. The Balaban J connectivity index is 2.35. The van der Waals surface area contributed by atoms with Crippen LogP contribution in [0.2, 0.25) is 0 Å². The Morgan fingerprint density at radius 2 is 1.95 bits per heavy atom. The highest BCUT2D eigenvalue weighted by atomic mass is 79.9. The minimum absolute atomic E-state index is 0.137. The summed E-state index contributed by atoms with van der Waals surface area (Å²) >= 11 is 5.18. The number of rotatable bonds is 6. The van der Waals surface area contributed by atoms with Crippen LogP contribution in [-0.2, 0) is 6.54 Å². The van der Waals surface area contributed by atoms with Crippen molar-refractivity contribution in [2.45, 2.75) is 40.2 Å². The fourth-order valence-corrected chi connectivity index (χ4v) is 4.29. The van der Waals surface area contributed by atoms with Crippen molar-refractivity contribution in [1.29, 1.82) is 0 Å². The maximum absolute atomic E-state index is 12.5. The van der Waals surface area contributed by atoms with E-state index in [1.807, 2.05) is 10.0 Å². The van der Waals surface area contributed by atoms with Gasteiger partial charge in [-0.25, -0.2) is 0 Å². The molecule has 0 saturated heterocycles. The van der Waals surface area contributed by atoms with E-state index >= 15 is 0 Å². The van der Waals surface area contributed by atoms with Gasteiger partial charge in [0.05, 0.1) is 10.1 Å². The number of nitrogens with zero attached hydrogens (tertiary/aromatic N) is 2. The zero-order chi connectivity index (χ0) is 15.6. The topological polar surface area (TPSA) is 25.2 Å². The van der Waals surface area contributed by atoms with Crippen molar-refractivity contribution in [3.63, 3.8) is 0 Å². The summed E-state index contributed by atoms with van der Waals surface area (Å²) < 4.78 is 4.02. The van der Waals surface area contributed by atoms with Crippen LogP contribution < -0.4 is 5.56 Å². The summed E-state index contributed by atoms with van der Waals surface area (Å²) in [5.74, 6) is 0.449. The quantitative estimate of drug-likeness (QED) is 0.757. The maximum Gasteiger partial charge on any atom is 0.268 e. The molecule has 0 saturated carbocycles. The summed E-state index contributed by atoms with van der Waals surface area (Å²) in [5, 5.41) is 0.829. The molecule has 0 radical (unpaired) electrons. The molecular formula is C16H23BrN2OS. The van der Waals surface area contributed by atoms with Crippen molar-refractivity contribution >= 4 is 37.5 Å². The van der Waals surface area contributed by atoms with E-state index in [-0.39, 0.29) is 5.56 Å². The highest BCUT2D eigenvalue weighted by molar-refractivity contribution is 9.10. The van der Waals surface area contributed by atoms with E-state index in [0.717, 1.165) is 40.7 Å². The van der Waals surface area contributed by atoms with Crippen LogP contribution in [0.15, 0.2) is 21.4 Å². The van der Waals surface area contributed by atoms with Crippen LogP contribution in [0.3, 0.4) is 0 Å². The molecule has 0 spiro atoms. The van der Waals surface area contributed by atoms with E-state index in [1.54, 1.807) is 11.5 Å². The van der Waals surface area contributed by atoms with E-state index in [1.165, 1.54) is 5.56 Å². The molecule has 2 rings (SSSR count). The van der Waals surface area contributed by atoms with Gasteiger partial charge in [-0.05, 0) is 36.7 Å². The zero-order valence-electron chi connectivity index (χ0n) is 13.1. The number of likely N-dealkylation sites (N-methyl/N-ethyl adjacent to an activating group) is 1. The first kappa shape index (κ1) is 16.7. The molecule has 0 aliphatic rings. The first-order valence-electron chi connectivity index (χ1n) is 7.53. The van der Waals surface area contributed by atoms with Gasteiger partial charge in [0.2, 0.25) is 0 Å². The third kappa shape index (κ3) is 3.58. The van der Waals surface area contributed by atoms with Gasteiger partial charge >= 0.3 is 0 Å². The molecule has 1 aromatic heterocycles. The zero-order valence-corrected chi connectivity index (χ0v) is 15.6. The smallest absolute Gasteiger partial charge is 0.268 e. The van der Waals surface area contributed by atoms with Gasteiger partial charge in [0.1, 0.15) is 0 Å². The van der Waals surface area contributed by atoms with E-state index in [0.29, 0.717) is 5.92 Å². The van der Waals surface area contributed by atoms with Crippen LogP contribution in [0.1, 0.15) is 39.2 Å². The van der Waals surface area contributed by atoms with Gasteiger partial charge in [-0.2, -0.15) is 0 Å². The largest absolute Gasteiger partial charge is 0.302 e. The molecule has 1 aromatic carbocycles. The van der Waals surface area contributed by atoms with Crippen molar-refractivity contribution in [3.8, 4) is 0 Å². The molecule has 0 fully saturated rings. The van der Waals surface area contributed by atoms with Crippen LogP contribution in [0, 0.1) is 0 Å². The number of hydrogen-bond donors (Lipinski definition) is 0. The van der Waals surface area contributed by atoms with Gasteiger partial charge in [-0.3, -0.25) is 8.75 Å². The molecule has 1 heterocycles. The molecule has 0 amide bonds. The van der Waals surface area contributed by atoms with E-state index in [9.17, 15) is 4.79 Å². The van der Waals surface area contributed by atoms with Crippen molar-refractivity contribution in [2.24, 2.45) is 0 Å². The van der Waals surface area contributed by atoms with E-state index in [4.69, 9.17) is 0 Å². The van der Waals surface area contributed by atoms with Gasteiger partial charge < -0.3 is 4.90 Å². The monoisotopic (exact) mass is 370 g/mol. The van der Waals surface area contributed by atoms with Crippen molar-refractivity contribution in [1.82, 2.24) is 8.86 Å². The second-order valence-electron chi connectivity index (χ2n) is 5.55. The Bertz CT molecular complexity index is 671. The van der Waals surface area contributed by atoms with Gasteiger partial charge in [0.25, 0.3) is 5.56 Å². The Morgan fingerprint density at radius 3 is 2.52 bits per heavy atom. The summed E-state index contributed by atoms with van der Waals surface area (Å²) in [5.41, 5.74) is 1.40. The first-order valence-corrected chi connectivity index (χ1v) is 9.10. The summed E-state index contributed by atoms with van der Waals surface area (Å²) in [4.78, 5) is 14.8. The highest BCUT2D eigenvalue weighted by Gasteiger charge is 2.13. The van der Waals surface area contributed by atoms with Crippen LogP contribution in [0.4, 0.5) is 0 Å². The number of hydrogen-bond acceptors (Lipinski definition) is 3. The Kier molecular flexibility index (Phi) is 5.63. The average Bonchev–Trinajstić information content (AvgIpc) is 2.75. The molecule has 21 heavy (non-hydrogen) atoms. The molecule has 5 heteroatoms. The second kappa shape index (κ2) is 7.07. The lowest BCUT2D eigenvalue weighted by molar-refractivity contribution is 0.293. The van der Waals surface area contributed by atoms with Crippen LogP contribution in [-0.4, -0.2) is 28.5 Å². The number of aromatic nitrogens is 1. The van der Waals surface area contributed by atoms with Crippen molar-refractivity contribution < 1.29 is 0 Å². The van der Waals surface area contributed by atoms with Crippen LogP contribution in [0.25, 0.3) is 10.1 Å². The molecule has 0 atom stereocenters. The minimum Gasteiger partial charge on any atom is -0.302 e. The van der Waals surface area contributed by atoms with E-state index < -0.39 is 0 Å². The lowest BCUT2D eigenvalue weighted by Gasteiger charge is -2.17. The number of benzene rings is 1. The van der Waals surface area contributed by atoms with Crippen LogP contribution >= 0.6 is 27.5 Å². The predicted octanol–water partition coefficient (Wildman–Crippen LogP) is 4.29. The highest BCUT2D eigenvalue weighted by Crippen LogP contribution is 2.30. The van der Waals surface area contributed by atoms with Gasteiger partial charge in [0, 0.05) is 17.6 Å². The van der Waals surface area contributed by atoms with Crippen LogP contribution in [0.5, 0.6) is 0 Å². The van der Waals surface area contributed by atoms with Crippen molar-refractivity contribution in [2.75, 3.05) is 19.6 Å². The van der Waals surface area contributed by atoms with E-state index in [2.05, 4.69) is 54.6 Å². The third-order valence-electron chi connectivity index (χ3n) is 3.90. The summed E-state index contributed by atoms with van der Waals surface area (Å²) in [6.45, 7) is 12.4. The molecule has 0 aliphatic heterocycles. The minimum atomic E-state index is 0.137. The Labute approximate surface area is 138 Å².